The number of hydrogen-bond acceptors (Lipinski definition) is 9. The number of primary amides is 1. The lowest BCUT2D eigenvalue weighted by Crippen LogP contribution is -2.59. The molecule has 4 unspecified atom stereocenters. The Labute approximate surface area is 260 Å². The summed E-state index contributed by atoms with van der Waals surface area (Å²) in [6.45, 7) is 8.38. The Bertz CT molecular complexity index is 1540. The van der Waals surface area contributed by atoms with Crippen LogP contribution in [0.1, 0.15) is 58.9 Å². The fourth-order valence-electron chi connectivity index (χ4n) is 5.44. The highest BCUT2D eigenvalue weighted by atomic mass is 16.5. The third kappa shape index (κ3) is 8.25. The zero-order valence-electron chi connectivity index (χ0n) is 26.4. The highest BCUT2D eigenvalue weighted by Crippen LogP contribution is 2.30. The normalized spacial score (nSPS) is 16.5. The zero-order valence-corrected chi connectivity index (χ0v) is 26.4. The number of nitrogens with two attached hydrogens (primary N) is 1. The van der Waals surface area contributed by atoms with Gasteiger partial charge in [0.05, 0.1) is 13.5 Å². The molecular formula is C31H41N5O9. The highest BCUT2D eigenvalue weighted by molar-refractivity contribution is 6.06. The Hall–Kier alpha value is -4.75. The number of aryl methyl sites for hydroxylation is 1. The minimum Gasteiger partial charge on any atom is -0.469 e. The average molecular weight is 628 g/mol. The second kappa shape index (κ2) is 14.8. The fourth-order valence-corrected chi connectivity index (χ4v) is 5.44. The van der Waals surface area contributed by atoms with Crippen LogP contribution >= 0.6 is 0 Å². The van der Waals surface area contributed by atoms with Gasteiger partial charge >= 0.3 is 11.6 Å². The summed E-state index contributed by atoms with van der Waals surface area (Å²) in [6, 6.07) is 2.08. The number of carbonyl (C=O) groups is 6. The van der Waals surface area contributed by atoms with E-state index in [-0.39, 0.29) is 30.7 Å². The molecule has 0 spiro atoms. The van der Waals surface area contributed by atoms with Gasteiger partial charge in [-0.05, 0) is 57.2 Å². The molecule has 1 saturated heterocycles. The number of esters is 1. The molecule has 1 aliphatic rings. The highest BCUT2D eigenvalue weighted by Gasteiger charge is 2.42. The summed E-state index contributed by atoms with van der Waals surface area (Å²) in [7, 11) is 1.20. The Kier molecular flexibility index (Phi) is 11.4. The number of anilines is 1. The van der Waals surface area contributed by atoms with Crippen LogP contribution in [0.15, 0.2) is 33.5 Å². The van der Waals surface area contributed by atoms with Crippen LogP contribution in [0, 0.1) is 12.8 Å². The number of nitrogens with one attached hydrogen (secondary N) is 2. The smallest absolute Gasteiger partial charge is 0.336 e. The van der Waals surface area contributed by atoms with Crippen LogP contribution in [-0.4, -0.2) is 78.2 Å². The second-order valence-corrected chi connectivity index (χ2v) is 11.5. The van der Waals surface area contributed by atoms with Crippen molar-refractivity contribution >= 4 is 52.2 Å². The largest absolute Gasteiger partial charge is 0.469 e. The van der Waals surface area contributed by atoms with Gasteiger partial charge in [-0.15, -0.1) is 0 Å². The van der Waals surface area contributed by atoms with Crippen LogP contribution in [0.3, 0.4) is 0 Å². The molecule has 45 heavy (non-hydrogen) atoms. The van der Waals surface area contributed by atoms with E-state index in [4.69, 9.17) is 10.2 Å². The summed E-state index contributed by atoms with van der Waals surface area (Å²) in [4.78, 5) is 91.3. The average Bonchev–Trinajstić information content (AvgIpc) is 3.46. The van der Waals surface area contributed by atoms with Gasteiger partial charge in [0.2, 0.25) is 23.6 Å². The predicted octanol–water partition coefficient (Wildman–Crippen LogP) is 0.898. The molecule has 2 heterocycles. The van der Waals surface area contributed by atoms with Gasteiger partial charge in [-0.25, -0.2) is 4.79 Å². The van der Waals surface area contributed by atoms with Crippen LogP contribution < -0.4 is 26.9 Å². The van der Waals surface area contributed by atoms with Crippen LogP contribution in [0.5, 0.6) is 0 Å². The van der Waals surface area contributed by atoms with Crippen molar-refractivity contribution in [3.05, 3.63) is 40.2 Å². The van der Waals surface area contributed by atoms with Crippen molar-refractivity contribution < 1.29 is 37.9 Å². The Balaban J connectivity index is 1.83. The molecule has 5 amide bonds. The molecule has 1 aromatic carbocycles. The molecule has 1 aliphatic heterocycles. The molecule has 0 radical (unpaired) electrons. The summed E-state index contributed by atoms with van der Waals surface area (Å²) >= 11 is 0. The predicted molar refractivity (Wildman–Crippen MR) is 164 cm³/mol. The van der Waals surface area contributed by atoms with Gasteiger partial charge < -0.3 is 30.4 Å². The molecule has 14 nitrogen and oxygen atoms in total. The molecule has 0 aliphatic carbocycles. The summed E-state index contributed by atoms with van der Waals surface area (Å²) in [5.41, 5.74) is 6.40. The van der Waals surface area contributed by atoms with Gasteiger partial charge in [0.1, 0.15) is 29.8 Å². The molecule has 0 bridgehead atoms. The van der Waals surface area contributed by atoms with Crippen molar-refractivity contribution in [1.82, 2.24) is 15.5 Å². The number of amides is 5. The number of hydrogen-bond donors (Lipinski definition) is 3. The third-order valence-corrected chi connectivity index (χ3v) is 7.76. The monoisotopic (exact) mass is 627 g/mol. The van der Waals surface area contributed by atoms with E-state index in [1.165, 1.54) is 42.9 Å². The van der Waals surface area contributed by atoms with Crippen molar-refractivity contribution in [3.63, 3.8) is 0 Å². The van der Waals surface area contributed by atoms with E-state index in [0.717, 1.165) is 0 Å². The lowest BCUT2D eigenvalue weighted by atomic mass is 9.98. The molecule has 4 atom stereocenters. The first-order valence-corrected chi connectivity index (χ1v) is 14.8. The third-order valence-electron chi connectivity index (χ3n) is 7.76. The number of likely N-dealkylation sites (tertiary alicyclic amines) is 1. The lowest BCUT2D eigenvalue weighted by molar-refractivity contribution is -0.142. The van der Waals surface area contributed by atoms with E-state index in [0.29, 0.717) is 23.8 Å². The van der Waals surface area contributed by atoms with Crippen molar-refractivity contribution in [3.8, 4) is 0 Å². The molecule has 2 aromatic rings. The number of carbonyl (C=O) groups excluding carboxylic acids is 6. The van der Waals surface area contributed by atoms with E-state index >= 15 is 0 Å². The summed E-state index contributed by atoms with van der Waals surface area (Å²) < 4.78 is 9.88. The maximum atomic E-state index is 14.3. The molecule has 14 heteroatoms. The van der Waals surface area contributed by atoms with Gasteiger partial charge in [-0.1, -0.05) is 13.8 Å². The van der Waals surface area contributed by atoms with Crippen molar-refractivity contribution in [2.75, 3.05) is 18.6 Å². The standard InChI is InChI=1S/C31H41N5O9/c1-16(2)27(28(32)40)36(20-9-10-21-17(3)14-26(39)45-23(21)15-20)31(43)22-8-7-13-35(22)30(42)19(5)34-29(41)18(4)33-24(37)11-12-25(38)44-6/h9-10,14-16,18-19,22,27H,7-8,11-13H2,1-6H3,(H2,32,40)(H,33,37)(H,34,41). The maximum absolute atomic E-state index is 14.3. The molecular weight excluding hydrogens is 586 g/mol. The van der Waals surface area contributed by atoms with Gasteiger partial charge in [-0.2, -0.15) is 0 Å². The molecule has 3 rings (SSSR count). The van der Waals surface area contributed by atoms with Gasteiger partial charge in [-0.3, -0.25) is 33.7 Å². The van der Waals surface area contributed by atoms with Crippen LogP contribution in [-0.2, 0) is 33.5 Å². The Morgan fingerprint density at radius 2 is 1.73 bits per heavy atom. The number of nitrogens with zero attached hydrogens (tertiary/aromatic N) is 2. The van der Waals surface area contributed by atoms with Crippen molar-refractivity contribution in [2.45, 2.75) is 84.5 Å². The number of rotatable bonds is 12. The number of benzene rings is 1. The van der Waals surface area contributed by atoms with Crippen LogP contribution in [0.2, 0.25) is 0 Å². The van der Waals surface area contributed by atoms with Gasteiger partial charge in [0.15, 0.2) is 0 Å². The SMILES string of the molecule is COC(=O)CCC(=O)NC(C)C(=O)NC(C)C(=O)N1CCCC1C(=O)N(c1ccc2c(C)cc(=O)oc2c1)C(C(N)=O)C(C)C. The minimum atomic E-state index is -1.08. The first-order chi connectivity index (χ1) is 21.2. The van der Waals surface area contributed by atoms with E-state index < -0.39 is 71.2 Å². The Morgan fingerprint density at radius 3 is 2.36 bits per heavy atom. The first kappa shape index (κ1) is 34.7. The lowest BCUT2D eigenvalue weighted by Gasteiger charge is -2.36. The summed E-state index contributed by atoms with van der Waals surface area (Å²) in [5.74, 6) is -3.95. The molecule has 244 valence electrons. The molecule has 1 aromatic heterocycles. The van der Waals surface area contributed by atoms with Gasteiger partial charge in [0, 0.05) is 36.2 Å². The number of ether oxygens (including phenoxy) is 1. The first-order valence-electron chi connectivity index (χ1n) is 14.8. The number of fused-ring (bicyclic) bond motifs is 1. The van der Waals surface area contributed by atoms with E-state index in [2.05, 4.69) is 15.4 Å². The van der Waals surface area contributed by atoms with Crippen molar-refractivity contribution in [2.24, 2.45) is 11.7 Å². The fraction of sp³-hybridized carbons (Fsp3) is 0.516. The minimum absolute atomic E-state index is 0.145. The molecule has 1 fully saturated rings. The summed E-state index contributed by atoms with van der Waals surface area (Å²) in [5, 5.41) is 5.70. The van der Waals surface area contributed by atoms with E-state index in [9.17, 15) is 33.6 Å². The molecule has 4 N–H and O–H groups in total. The Morgan fingerprint density at radius 1 is 1.04 bits per heavy atom. The summed E-state index contributed by atoms with van der Waals surface area (Å²) in [6.07, 6.45) is 0.490. The topological polar surface area (TPSA) is 198 Å². The zero-order chi connectivity index (χ0) is 33.6. The molecule has 0 saturated carbocycles. The van der Waals surface area contributed by atoms with Crippen molar-refractivity contribution in [1.29, 1.82) is 0 Å². The van der Waals surface area contributed by atoms with Crippen LogP contribution in [0.25, 0.3) is 11.0 Å². The van der Waals surface area contributed by atoms with E-state index in [1.807, 2.05) is 0 Å². The quantitative estimate of drug-likeness (QED) is 0.226. The van der Waals surface area contributed by atoms with Gasteiger partial charge in [0.25, 0.3) is 5.91 Å². The van der Waals surface area contributed by atoms with Crippen LogP contribution in [0.4, 0.5) is 5.69 Å². The number of methoxy groups -OCH3 is 1. The van der Waals surface area contributed by atoms with E-state index in [1.54, 1.807) is 32.9 Å². The maximum Gasteiger partial charge on any atom is 0.336 e. The second-order valence-electron chi connectivity index (χ2n) is 11.5.